The van der Waals surface area contributed by atoms with Gasteiger partial charge in [0.15, 0.2) is 0 Å². The highest BCUT2D eigenvalue weighted by atomic mass is 35.5. The van der Waals surface area contributed by atoms with Crippen molar-refractivity contribution in [2.45, 2.75) is 38.3 Å². The number of hydrogen-bond acceptors (Lipinski definition) is 2. The second-order valence-electron chi connectivity index (χ2n) is 5.02. The minimum atomic E-state index is -0.494. The molecule has 0 spiro atoms. The molecule has 0 heterocycles. The maximum Gasteiger partial charge on any atom is 0.221 e. The van der Waals surface area contributed by atoms with Crippen molar-refractivity contribution in [3.05, 3.63) is 33.6 Å². The molecule has 1 aromatic carbocycles. The zero-order chi connectivity index (χ0) is 14.7. The van der Waals surface area contributed by atoms with Gasteiger partial charge in [-0.15, -0.1) is 0 Å². The quantitative estimate of drug-likeness (QED) is 0.789. The molecule has 0 saturated heterocycles. The molecule has 1 saturated carbocycles. The summed E-state index contributed by atoms with van der Waals surface area (Å²) in [6.45, 7) is 2.33. The maximum atomic E-state index is 13.4. The topological polar surface area (TPSA) is 41.1 Å². The number of rotatable bonds is 6. The molecule has 1 fully saturated rings. The Kier molecular flexibility index (Phi) is 5.24. The summed E-state index contributed by atoms with van der Waals surface area (Å²) < 4.78 is 13.4. The van der Waals surface area contributed by atoms with Gasteiger partial charge < -0.3 is 10.6 Å². The van der Waals surface area contributed by atoms with Crippen molar-refractivity contribution in [2.75, 3.05) is 6.54 Å². The van der Waals surface area contributed by atoms with Crippen LogP contribution in [0.2, 0.25) is 10.0 Å². The Morgan fingerprint density at radius 3 is 2.80 bits per heavy atom. The van der Waals surface area contributed by atoms with Gasteiger partial charge in [0.2, 0.25) is 5.91 Å². The van der Waals surface area contributed by atoms with Crippen LogP contribution in [0, 0.1) is 5.82 Å². The van der Waals surface area contributed by atoms with E-state index in [0.29, 0.717) is 29.6 Å². The molecule has 3 nitrogen and oxygen atoms in total. The van der Waals surface area contributed by atoms with Crippen LogP contribution in [0.25, 0.3) is 0 Å². The van der Waals surface area contributed by atoms with Crippen molar-refractivity contribution >= 4 is 29.1 Å². The summed E-state index contributed by atoms with van der Waals surface area (Å²) >= 11 is 12.0. The fraction of sp³-hybridized carbons (Fsp3) is 0.500. The van der Waals surface area contributed by atoms with E-state index in [1.54, 1.807) is 0 Å². The number of benzene rings is 1. The smallest absolute Gasteiger partial charge is 0.221 e. The van der Waals surface area contributed by atoms with Crippen LogP contribution in [0.4, 0.5) is 4.39 Å². The standard InChI is InChI=1S/C14H17Cl2FN2O/c1-8(13-10(15)4-5-11(17)14(13)16)18-7-6-12(20)19-9-2-3-9/h4-5,8-9,18H,2-3,6-7H2,1H3,(H,19,20). The normalized spacial score (nSPS) is 16.0. The molecule has 1 atom stereocenters. The molecular weight excluding hydrogens is 302 g/mol. The molecule has 20 heavy (non-hydrogen) atoms. The first kappa shape index (κ1) is 15.5. The van der Waals surface area contributed by atoms with Crippen molar-refractivity contribution in [2.24, 2.45) is 0 Å². The molecule has 1 unspecified atom stereocenters. The summed E-state index contributed by atoms with van der Waals surface area (Å²) in [5, 5.41) is 6.49. The van der Waals surface area contributed by atoms with Gasteiger partial charge in [0.25, 0.3) is 0 Å². The second-order valence-corrected chi connectivity index (χ2v) is 5.81. The Balaban J connectivity index is 1.86. The van der Waals surface area contributed by atoms with E-state index in [-0.39, 0.29) is 17.0 Å². The second kappa shape index (κ2) is 6.74. The molecule has 6 heteroatoms. The summed E-state index contributed by atoms with van der Waals surface area (Å²) in [6.07, 6.45) is 2.53. The zero-order valence-electron chi connectivity index (χ0n) is 11.2. The number of carbonyl (C=O) groups excluding carboxylic acids is 1. The van der Waals surface area contributed by atoms with Crippen LogP contribution in [0.3, 0.4) is 0 Å². The minimum Gasteiger partial charge on any atom is -0.353 e. The van der Waals surface area contributed by atoms with Gasteiger partial charge in [0, 0.05) is 35.6 Å². The number of halogens is 3. The van der Waals surface area contributed by atoms with Gasteiger partial charge in [0.1, 0.15) is 5.82 Å². The monoisotopic (exact) mass is 318 g/mol. The maximum absolute atomic E-state index is 13.4. The van der Waals surface area contributed by atoms with E-state index in [0.717, 1.165) is 12.8 Å². The SMILES string of the molecule is CC(NCCC(=O)NC1CC1)c1c(Cl)ccc(F)c1Cl. The Hall–Kier alpha value is -0.840. The molecule has 0 radical (unpaired) electrons. The van der Waals surface area contributed by atoms with Gasteiger partial charge in [0.05, 0.1) is 5.02 Å². The fourth-order valence-electron chi connectivity index (χ4n) is 1.97. The lowest BCUT2D eigenvalue weighted by molar-refractivity contribution is -0.121. The zero-order valence-corrected chi connectivity index (χ0v) is 12.7. The average molecular weight is 319 g/mol. The van der Waals surface area contributed by atoms with E-state index in [4.69, 9.17) is 23.2 Å². The third kappa shape index (κ3) is 4.08. The van der Waals surface area contributed by atoms with Crippen LogP contribution in [0.15, 0.2) is 12.1 Å². The van der Waals surface area contributed by atoms with Gasteiger partial charge in [-0.05, 0) is 31.9 Å². The molecule has 0 aliphatic heterocycles. The summed E-state index contributed by atoms with van der Waals surface area (Å²) in [7, 11) is 0. The first-order chi connectivity index (χ1) is 9.49. The molecule has 1 aliphatic carbocycles. The van der Waals surface area contributed by atoms with Crippen molar-refractivity contribution in [1.82, 2.24) is 10.6 Å². The molecule has 110 valence electrons. The average Bonchev–Trinajstić information content (AvgIpc) is 3.18. The lowest BCUT2D eigenvalue weighted by Crippen LogP contribution is -2.30. The number of nitrogens with one attached hydrogen (secondary N) is 2. The van der Waals surface area contributed by atoms with E-state index in [1.807, 2.05) is 6.92 Å². The summed E-state index contributed by atoms with van der Waals surface area (Å²) in [6, 6.07) is 2.87. The van der Waals surface area contributed by atoms with E-state index >= 15 is 0 Å². The third-order valence-electron chi connectivity index (χ3n) is 3.26. The molecule has 2 rings (SSSR count). The molecule has 2 N–H and O–H groups in total. The Morgan fingerprint density at radius 1 is 1.45 bits per heavy atom. The van der Waals surface area contributed by atoms with Gasteiger partial charge in [-0.3, -0.25) is 4.79 Å². The van der Waals surface area contributed by atoms with Gasteiger partial charge in [-0.25, -0.2) is 4.39 Å². The largest absolute Gasteiger partial charge is 0.353 e. The highest BCUT2D eigenvalue weighted by molar-refractivity contribution is 6.36. The van der Waals surface area contributed by atoms with Crippen LogP contribution < -0.4 is 10.6 Å². The highest BCUT2D eigenvalue weighted by Gasteiger charge is 2.23. The number of hydrogen-bond donors (Lipinski definition) is 2. The van der Waals surface area contributed by atoms with Gasteiger partial charge in [-0.1, -0.05) is 23.2 Å². The van der Waals surface area contributed by atoms with Crippen LogP contribution in [0.5, 0.6) is 0 Å². The summed E-state index contributed by atoms with van der Waals surface area (Å²) in [5.74, 6) is -0.463. The highest BCUT2D eigenvalue weighted by Crippen LogP contribution is 2.32. The van der Waals surface area contributed by atoms with Gasteiger partial charge >= 0.3 is 0 Å². The first-order valence-corrected chi connectivity index (χ1v) is 7.40. The van der Waals surface area contributed by atoms with E-state index in [9.17, 15) is 9.18 Å². The first-order valence-electron chi connectivity index (χ1n) is 6.65. The summed E-state index contributed by atoms with van der Waals surface area (Å²) in [4.78, 5) is 11.5. The predicted molar refractivity (Wildman–Crippen MR) is 78.6 cm³/mol. The van der Waals surface area contributed by atoms with Crippen molar-refractivity contribution < 1.29 is 9.18 Å². The Labute approximate surface area is 127 Å². The molecule has 0 bridgehead atoms. The minimum absolute atomic E-state index is 0.0277. The number of carbonyl (C=O) groups is 1. The van der Waals surface area contributed by atoms with Gasteiger partial charge in [-0.2, -0.15) is 0 Å². The Bertz CT molecular complexity index is 506. The Morgan fingerprint density at radius 2 is 2.15 bits per heavy atom. The predicted octanol–water partition coefficient (Wildman–Crippen LogP) is 3.45. The van der Waals surface area contributed by atoms with Crippen LogP contribution >= 0.6 is 23.2 Å². The molecule has 0 aromatic heterocycles. The molecule has 1 amide bonds. The van der Waals surface area contributed by atoms with Crippen molar-refractivity contribution in [3.63, 3.8) is 0 Å². The lowest BCUT2D eigenvalue weighted by atomic mass is 10.1. The number of amides is 1. The van der Waals surface area contributed by atoms with Crippen molar-refractivity contribution in [3.8, 4) is 0 Å². The van der Waals surface area contributed by atoms with E-state index in [2.05, 4.69) is 10.6 Å². The van der Waals surface area contributed by atoms with Crippen molar-refractivity contribution in [1.29, 1.82) is 0 Å². The third-order valence-corrected chi connectivity index (χ3v) is 3.97. The van der Waals surface area contributed by atoms with Crippen LogP contribution in [-0.4, -0.2) is 18.5 Å². The molecule has 1 aliphatic rings. The molecular formula is C14H17Cl2FN2O. The lowest BCUT2D eigenvalue weighted by Gasteiger charge is -2.17. The van der Waals surface area contributed by atoms with E-state index in [1.165, 1.54) is 12.1 Å². The van der Waals surface area contributed by atoms with Crippen LogP contribution in [-0.2, 0) is 4.79 Å². The summed E-state index contributed by atoms with van der Waals surface area (Å²) in [5.41, 5.74) is 0.524. The van der Waals surface area contributed by atoms with Crippen LogP contribution in [0.1, 0.15) is 37.8 Å². The van der Waals surface area contributed by atoms with E-state index < -0.39 is 5.82 Å². The molecule has 1 aromatic rings. The fourth-order valence-corrected chi connectivity index (χ4v) is 2.67.